The SMILES string of the molecule is CC(C)Oc1cc(N)cc(N2CCCCCC2)c1. The van der Waals surface area contributed by atoms with Crippen LogP contribution in [0.4, 0.5) is 11.4 Å². The predicted octanol–water partition coefficient (Wildman–Crippen LogP) is 3.44. The third-order valence-corrected chi connectivity index (χ3v) is 3.26. The Morgan fingerprint density at radius 1 is 1.06 bits per heavy atom. The van der Waals surface area contributed by atoms with Crippen molar-refractivity contribution in [1.29, 1.82) is 0 Å². The number of nitrogens with two attached hydrogens (primary N) is 1. The van der Waals surface area contributed by atoms with Crippen LogP contribution in [0.1, 0.15) is 39.5 Å². The molecule has 0 radical (unpaired) electrons. The number of anilines is 2. The van der Waals surface area contributed by atoms with Gasteiger partial charge in [0.05, 0.1) is 6.10 Å². The molecule has 0 aromatic heterocycles. The molecule has 0 unspecified atom stereocenters. The number of nitrogen functional groups attached to an aromatic ring is 1. The van der Waals surface area contributed by atoms with E-state index in [1.807, 2.05) is 19.9 Å². The molecule has 0 atom stereocenters. The average molecular weight is 248 g/mol. The lowest BCUT2D eigenvalue weighted by Gasteiger charge is -2.24. The molecule has 0 spiro atoms. The summed E-state index contributed by atoms with van der Waals surface area (Å²) in [7, 11) is 0. The van der Waals surface area contributed by atoms with Gasteiger partial charge in [-0.15, -0.1) is 0 Å². The quantitative estimate of drug-likeness (QED) is 0.833. The van der Waals surface area contributed by atoms with Gasteiger partial charge in [-0.25, -0.2) is 0 Å². The van der Waals surface area contributed by atoms with Gasteiger partial charge in [0.25, 0.3) is 0 Å². The highest BCUT2D eigenvalue weighted by molar-refractivity contribution is 5.60. The van der Waals surface area contributed by atoms with Gasteiger partial charge in [-0.05, 0) is 32.8 Å². The first kappa shape index (κ1) is 13.1. The van der Waals surface area contributed by atoms with Crippen LogP contribution in [0.5, 0.6) is 5.75 Å². The van der Waals surface area contributed by atoms with Crippen molar-refractivity contribution in [3.05, 3.63) is 18.2 Å². The monoisotopic (exact) mass is 248 g/mol. The summed E-state index contributed by atoms with van der Waals surface area (Å²) in [5, 5.41) is 0. The second kappa shape index (κ2) is 5.98. The highest BCUT2D eigenvalue weighted by Crippen LogP contribution is 2.28. The van der Waals surface area contributed by atoms with Crippen molar-refractivity contribution in [1.82, 2.24) is 0 Å². The zero-order chi connectivity index (χ0) is 13.0. The lowest BCUT2D eigenvalue weighted by atomic mass is 10.2. The first-order valence-corrected chi connectivity index (χ1v) is 6.97. The molecule has 1 heterocycles. The van der Waals surface area contributed by atoms with Gasteiger partial charge in [0.2, 0.25) is 0 Å². The van der Waals surface area contributed by atoms with Crippen molar-refractivity contribution >= 4 is 11.4 Å². The first-order valence-electron chi connectivity index (χ1n) is 6.97. The zero-order valence-electron chi connectivity index (χ0n) is 11.5. The van der Waals surface area contributed by atoms with E-state index in [0.717, 1.165) is 24.5 Å². The Labute approximate surface area is 110 Å². The lowest BCUT2D eigenvalue weighted by molar-refractivity contribution is 0.242. The Balaban J connectivity index is 2.17. The highest BCUT2D eigenvalue weighted by atomic mass is 16.5. The average Bonchev–Trinajstić information content (AvgIpc) is 2.55. The second-order valence-electron chi connectivity index (χ2n) is 5.33. The van der Waals surface area contributed by atoms with E-state index in [9.17, 15) is 0 Å². The van der Waals surface area contributed by atoms with Crippen LogP contribution in [0, 0.1) is 0 Å². The van der Waals surface area contributed by atoms with Gasteiger partial charge in [-0.2, -0.15) is 0 Å². The molecule has 2 rings (SSSR count). The molecule has 0 bridgehead atoms. The van der Waals surface area contributed by atoms with Crippen LogP contribution in [0.25, 0.3) is 0 Å². The van der Waals surface area contributed by atoms with E-state index < -0.39 is 0 Å². The number of nitrogens with zero attached hydrogens (tertiary/aromatic N) is 1. The summed E-state index contributed by atoms with van der Waals surface area (Å²) in [5.41, 5.74) is 7.96. The van der Waals surface area contributed by atoms with Gasteiger partial charge in [0, 0.05) is 36.6 Å². The summed E-state index contributed by atoms with van der Waals surface area (Å²) in [6.07, 6.45) is 5.41. The minimum Gasteiger partial charge on any atom is -0.491 e. The molecule has 0 saturated carbocycles. The molecular formula is C15H24N2O. The molecule has 0 amide bonds. The van der Waals surface area contributed by atoms with Crippen molar-refractivity contribution in [2.75, 3.05) is 23.7 Å². The third kappa shape index (κ3) is 3.56. The summed E-state index contributed by atoms with van der Waals surface area (Å²) < 4.78 is 5.75. The van der Waals surface area contributed by atoms with Crippen LogP contribution in [0.3, 0.4) is 0 Å². The van der Waals surface area contributed by atoms with Crippen molar-refractivity contribution < 1.29 is 4.74 Å². The van der Waals surface area contributed by atoms with Crippen molar-refractivity contribution in [2.24, 2.45) is 0 Å². The maximum atomic E-state index is 5.97. The van der Waals surface area contributed by atoms with E-state index in [-0.39, 0.29) is 6.10 Å². The van der Waals surface area contributed by atoms with Gasteiger partial charge in [0.15, 0.2) is 0 Å². The minimum atomic E-state index is 0.184. The molecule has 0 aliphatic carbocycles. The van der Waals surface area contributed by atoms with E-state index >= 15 is 0 Å². The van der Waals surface area contributed by atoms with Crippen molar-refractivity contribution in [3.63, 3.8) is 0 Å². The fraction of sp³-hybridized carbons (Fsp3) is 0.600. The lowest BCUT2D eigenvalue weighted by Crippen LogP contribution is -2.24. The number of rotatable bonds is 3. The topological polar surface area (TPSA) is 38.5 Å². The number of hydrogen-bond acceptors (Lipinski definition) is 3. The zero-order valence-corrected chi connectivity index (χ0v) is 11.5. The van der Waals surface area contributed by atoms with Gasteiger partial charge in [-0.1, -0.05) is 12.8 Å². The molecule has 1 aliphatic rings. The Kier molecular flexibility index (Phi) is 4.34. The molecule has 1 aromatic rings. The van der Waals surface area contributed by atoms with Crippen molar-refractivity contribution in [2.45, 2.75) is 45.6 Å². The van der Waals surface area contributed by atoms with E-state index in [1.54, 1.807) is 0 Å². The van der Waals surface area contributed by atoms with E-state index in [2.05, 4.69) is 17.0 Å². The molecule has 1 fully saturated rings. The smallest absolute Gasteiger partial charge is 0.123 e. The molecule has 2 N–H and O–H groups in total. The first-order chi connectivity index (χ1) is 8.65. The summed E-state index contributed by atoms with van der Waals surface area (Å²) in [5.74, 6) is 0.879. The number of hydrogen-bond donors (Lipinski definition) is 1. The van der Waals surface area contributed by atoms with Gasteiger partial charge >= 0.3 is 0 Å². The second-order valence-corrected chi connectivity index (χ2v) is 5.33. The Bertz CT molecular complexity index is 382. The molecule has 1 saturated heterocycles. The van der Waals surface area contributed by atoms with Crippen LogP contribution in [-0.2, 0) is 0 Å². The summed E-state index contributed by atoms with van der Waals surface area (Å²) in [6, 6.07) is 6.07. The van der Waals surface area contributed by atoms with Crippen LogP contribution in [0.15, 0.2) is 18.2 Å². The largest absolute Gasteiger partial charge is 0.491 e. The predicted molar refractivity (Wildman–Crippen MR) is 77.3 cm³/mol. The Hall–Kier alpha value is -1.38. The Morgan fingerprint density at radius 3 is 2.33 bits per heavy atom. The third-order valence-electron chi connectivity index (χ3n) is 3.26. The van der Waals surface area contributed by atoms with E-state index in [0.29, 0.717) is 0 Å². The number of benzene rings is 1. The summed E-state index contributed by atoms with van der Waals surface area (Å²) >= 11 is 0. The standard InChI is InChI=1S/C15H24N2O/c1-12(2)18-15-10-13(16)9-14(11-15)17-7-5-3-4-6-8-17/h9-12H,3-8,16H2,1-2H3. The molecule has 18 heavy (non-hydrogen) atoms. The van der Waals surface area contributed by atoms with Gasteiger partial charge in [-0.3, -0.25) is 0 Å². The van der Waals surface area contributed by atoms with Crippen molar-refractivity contribution in [3.8, 4) is 5.75 Å². The van der Waals surface area contributed by atoms with Crippen LogP contribution >= 0.6 is 0 Å². The van der Waals surface area contributed by atoms with Crippen LogP contribution in [0.2, 0.25) is 0 Å². The maximum Gasteiger partial charge on any atom is 0.123 e. The molecule has 100 valence electrons. The molecule has 1 aromatic carbocycles. The maximum absolute atomic E-state index is 5.97. The minimum absolute atomic E-state index is 0.184. The molecular weight excluding hydrogens is 224 g/mol. The van der Waals surface area contributed by atoms with Crippen LogP contribution in [-0.4, -0.2) is 19.2 Å². The molecule has 1 aliphatic heterocycles. The number of ether oxygens (including phenoxy) is 1. The van der Waals surface area contributed by atoms with E-state index in [1.165, 1.54) is 31.4 Å². The highest BCUT2D eigenvalue weighted by Gasteiger charge is 2.12. The fourth-order valence-electron chi connectivity index (χ4n) is 2.46. The van der Waals surface area contributed by atoms with Crippen LogP contribution < -0.4 is 15.4 Å². The Morgan fingerprint density at radius 2 is 1.72 bits per heavy atom. The summed E-state index contributed by atoms with van der Waals surface area (Å²) in [4.78, 5) is 2.43. The van der Waals surface area contributed by atoms with Gasteiger partial charge < -0.3 is 15.4 Å². The fourth-order valence-corrected chi connectivity index (χ4v) is 2.46. The normalized spacial score (nSPS) is 16.7. The molecule has 3 nitrogen and oxygen atoms in total. The molecule has 3 heteroatoms. The van der Waals surface area contributed by atoms with E-state index in [4.69, 9.17) is 10.5 Å². The van der Waals surface area contributed by atoms with Gasteiger partial charge in [0.1, 0.15) is 5.75 Å². The summed E-state index contributed by atoms with van der Waals surface area (Å²) in [6.45, 7) is 6.33.